The molecule has 38 heavy (non-hydrogen) atoms. The third kappa shape index (κ3) is 7.34. The van der Waals surface area contributed by atoms with Gasteiger partial charge in [0.15, 0.2) is 6.23 Å². The summed E-state index contributed by atoms with van der Waals surface area (Å²) in [6.45, 7) is 2.34. The number of halogens is 3. The Labute approximate surface area is 220 Å². The van der Waals surface area contributed by atoms with Gasteiger partial charge in [-0.05, 0) is 24.3 Å². The monoisotopic (exact) mass is 564 g/mol. The molecule has 1 aromatic heterocycles. The van der Waals surface area contributed by atoms with Gasteiger partial charge in [-0.15, -0.1) is 0 Å². The molecule has 3 aliphatic rings. The van der Waals surface area contributed by atoms with Crippen molar-refractivity contribution in [3.63, 3.8) is 0 Å². The minimum absolute atomic E-state index is 0.0906. The van der Waals surface area contributed by atoms with Crippen molar-refractivity contribution in [1.82, 2.24) is 13.6 Å². The van der Waals surface area contributed by atoms with E-state index in [1.165, 1.54) is 29.1 Å². The van der Waals surface area contributed by atoms with E-state index in [1.807, 2.05) is 0 Å². The fraction of sp³-hybridized carbons (Fsp3) is 0.750. The number of hydrogen-bond donors (Lipinski definition) is 1. The molecule has 2 saturated heterocycles. The quantitative estimate of drug-likeness (QED) is 0.378. The Hall–Kier alpha value is -2.00. The molecule has 0 aromatic carbocycles. The maximum absolute atomic E-state index is 13.5. The maximum Gasteiger partial charge on any atom is 0.490 e. The van der Waals surface area contributed by atoms with E-state index in [2.05, 4.69) is 9.72 Å². The molecule has 1 aromatic rings. The Kier molecular flexibility index (Phi) is 9.50. The van der Waals surface area contributed by atoms with Gasteiger partial charge in [0.05, 0.1) is 19.8 Å². The second kappa shape index (κ2) is 12.5. The van der Waals surface area contributed by atoms with Crippen LogP contribution in [0.15, 0.2) is 18.3 Å². The predicted molar refractivity (Wildman–Crippen MR) is 130 cm³/mol. The van der Waals surface area contributed by atoms with Gasteiger partial charge in [-0.3, -0.25) is 5.73 Å². The van der Waals surface area contributed by atoms with Crippen LogP contribution in [-0.2, 0) is 24.5 Å². The lowest BCUT2D eigenvalue weighted by Crippen LogP contribution is -2.54. The first-order valence-corrected chi connectivity index (χ1v) is 14.4. The van der Waals surface area contributed by atoms with Crippen LogP contribution >= 0.6 is 0 Å². The highest BCUT2D eigenvalue weighted by atomic mass is 32.2. The van der Waals surface area contributed by atoms with Gasteiger partial charge in [0.2, 0.25) is 5.88 Å². The van der Waals surface area contributed by atoms with Crippen LogP contribution in [0.2, 0.25) is 0 Å². The van der Waals surface area contributed by atoms with Crippen molar-refractivity contribution < 1.29 is 40.6 Å². The molecule has 2 aliphatic heterocycles. The maximum atomic E-state index is 13.5. The van der Waals surface area contributed by atoms with Crippen LogP contribution < -0.4 is 10.5 Å². The van der Waals surface area contributed by atoms with Crippen LogP contribution in [-0.4, -0.2) is 80.2 Å². The number of carbonyl (C=O) groups excluding carboxylic acids is 1. The van der Waals surface area contributed by atoms with Gasteiger partial charge in [0.1, 0.15) is 0 Å². The summed E-state index contributed by atoms with van der Waals surface area (Å²) in [4.78, 5) is 15.2. The van der Waals surface area contributed by atoms with Gasteiger partial charge in [-0.1, -0.05) is 32.1 Å². The molecular weight excluding hydrogens is 529 g/mol. The molecule has 0 bridgehead atoms. The van der Waals surface area contributed by atoms with Crippen molar-refractivity contribution in [2.24, 2.45) is 23.5 Å². The average molecular weight is 565 g/mol. The molecule has 214 valence electrons. The highest BCUT2D eigenvalue weighted by Crippen LogP contribution is 2.38. The van der Waals surface area contributed by atoms with Crippen LogP contribution in [0, 0.1) is 17.8 Å². The first-order chi connectivity index (χ1) is 18.0. The lowest BCUT2D eigenvalue weighted by atomic mass is 9.75. The molecule has 3 heterocycles. The molecule has 14 heteroatoms. The summed E-state index contributed by atoms with van der Waals surface area (Å²) in [6.07, 6.45) is 0.969. The summed E-state index contributed by atoms with van der Waals surface area (Å²) in [7, 11) is -3.66. The molecule has 2 N–H and O–H groups in total. The standard InChI is InChI=1S/C24H35F3N4O6S/c25-24(26,27)23(32)37-22(28)19-6-7-29-21(13-19)36-16-17-12-20(18-4-2-1-3-5-18)15-31(14-17)38(33,34)30-8-10-35-11-9-30/h6-7,13,17-18,20,22H,1-5,8-12,14-16,28H2. The second-order valence-electron chi connectivity index (χ2n) is 10.2. The number of alkyl halides is 3. The number of pyridine rings is 1. The number of ether oxygens (including phenoxy) is 3. The van der Waals surface area contributed by atoms with Crippen molar-refractivity contribution in [2.75, 3.05) is 46.0 Å². The van der Waals surface area contributed by atoms with E-state index in [9.17, 15) is 26.4 Å². The Balaban J connectivity index is 1.43. The number of esters is 1. The molecular formula is C24H35F3N4O6S. The summed E-state index contributed by atoms with van der Waals surface area (Å²) in [6, 6.07) is 2.65. The van der Waals surface area contributed by atoms with Crippen molar-refractivity contribution in [1.29, 1.82) is 0 Å². The van der Waals surface area contributed by atoms with Crippen LogP contribution in [0.3, 0.4) is 0 Å². The van der Waals surface area contributed by atoms with Crippen molar-refractivity contribution in [3.8, 4) is 5.88 Å². The highest BCUT2D eigenvalue weighted by molar-refractivity contribution is 7.86. The zero-order chi connectivity index (χ0) is 27.3. The van der Waals surface area contributed by atoms with Crippen LogP contribution in [0.1, 0.15) is 50.3 Å². The lowest BCUT2D eigenvalue weighted by molar-refractivity contribution is -0.205. The molecule has 3 atom stereocenters. The van der Waals surface area contributed by atoms with Gasteiger partial charge >= 0.3 is 12.1 Å². The lowest BCUT2D eigenvalue weighted by Gasteiger charge is -2.43. The largest absolute Gasteiger partial charge is 0.490 e. The number of carbonyl (C=O) groups is 1. The van der Waals surface area contributed by atoms with Crippen LogP contribution in [0.25, 0.3) is 0 Å². The van der Waals surface area contributed by atoms with E-state index < -0.39 is 28.6 Å². The first kappa shape index (κ1) is 29.0. The third-order valence-corrected chi connectivity index (χ3v) is 9.46. The molecule has 0 radical (unpaired) electrons. The van der Waals surface area contributed by atoms with Crippen molar-refractivity contribution in [2.45, 2.75) is 50.9 Å². The van der Waals surface area contributed by atoms with E-state index >= 15 is 0 Å². The molecule has 1 saturated carbocycles. The number of aromatic nitrogens is 1. The summed E-state index contributed by atoms with van der Waals surface area (Å²) in [5, 5.41) is 0. The first-order valence-electron chi connectivity index (χ1n) is 13.0. The Morgan fingerprint density at radius 2 is 1.84 bits per heavy atom. The predicted octanol–water partition coefficient (Wildman–Crippen LogP) is 2.62. The number of hydrogen-bond acceptors (Lipinski definition) is 8. The summed E-state index contributed by atoms with van der Waals surface area (Å²) in [5.41, 5.74) is 5.72. The average Bonchev–Trinajstić information content (AvgIpc) is 2.92. The van der Waals surface area contributed by atoms with E-state index in [-0.39, 0.29) is 29.9 Å². The van der Waals surface area contributed by atoms with E-state index in [0.29, 0.717) is 45.3 Å². The fourth-order valence-electron chi connectivity index (χ4n) is 5.53. The summed E-state index contributed by atoms with van der Waals surface area (Å²) in [5.74, 6) is -1.72. The Bertz CT molecular complexity index is 1050. The summed E-state index contributed by atoms with van der Waals surface area (Å²) >= 11 is 0. The smallest absolute Gasteiger partial charge is 0.477 e. The number of rotatable bonds is 8. The topological polar surface area (TPSA) is 124 Å². The molecule has 3 fully saturated rings. The van der Waals surface area contributed by atoms with Crippen LogP contribution in [0.4, 0.5) is 13.2 Å². The van der Waals surface area contributed by atoms with E-state index in [1.54, 1.807) is 4.31 Å². The minimum atomic E-state index is -5.16. The van der Waals surface area contributed by atoms with Crippen molar-refractivity contribution >= 4 is 16.2 Å². The number of piperidine rings is 1. The Morgan fingerprint density at radius 1 is 1.13 bits per heavy atom. The second-order valence-corrected chi connectivity index (χ2v) is 12.1. The van der Waals surface area contributed by atoms with Crippen LogP contribution in [0.5, 0.6) is 5.88 Å². The highest BCUT2D eigenvalue weighted by Gasteiger charge is 2.42. The van der Waals surface area contributed by atoms with E-state index in [0.717, 1.165) is 32.1 Å². The zero-order valence-electron chi connectivity index (χ0n) is 21.1. The van der Waals surface area contributed by atoms with Gasteiger partial charge in [-0.2, -0.15) is 30.2 Å². The molecule has 10 nitrogen and oxygen atoms in total. The fourth-order valence-corrected chi connectivity index (χ4v) is 7.25. The zero-order valence-corrected chi connectivity index (χ0v) is 22.0. The molecule has 3 unspecified atom stereocenters. The number of nitrogens with two attached hydrogens (primary N) is 1. The molecule has 0 spiro atoms. The van der Waals surface area contributed by atoms with Gasteiger partial charge in [0, 0.05) is 49.9 Å². The number of morpholine rings is 1. The van der Waals surface area contributed by atoms with Gasteiger partial charge in [-0.25, -0.2) is 9.78 Å². The van der Waals surface area contributed by atoms with E-state index in [4.69, 9.17) is 15.2 Å². The third-order valence-electron chi connectivity index (χ3n) is 7.50. The molecule has 4 rings (SSSR count). The molecule has 0 amide bonds. The van der Waals surface area contributed by atoms with Gasteiger partial charge in [0.25, 0.3) is 10.2 Å². The minimum Gasteiger partial charge on any atom is -0.477 e. The molecule has 1 aliphatic carbocycles. The Morgan fingerprint density at radius 3 is 2.53 bits per heavy atom. The van der Waals surface area contributed by atoms with Crippen molar-refractivity contribution in [3.05, 3.63) is 23.9 Å². The SMILES string of the molecule is NC(OC(=O)C(F)(F)F)c1ccnc(OCC2CC(C3CCCCC3)CN(S(=O)(=O)N3CCOCC3)C2)c1. The van der Waals surface area contributed by atoms with Gasteiger partial charge < -0.3 is 14.2 Å². The summed E-state index contributed by atoms with van der Waals surface area (Å²) < 4.78 is 83.0. The normalized spacial score (nSPS) is 25.6. The number of nitrogens with zero attached hydrogens (tertiary/aromatic N) is 3.